The van der Waals surface area contributed by atoms with Gasteiger partial charge in [0.15, 0.2) is 5.82 Å². The van der Waals surface area contributed by atoms with Gasteiger partial charge in [-0.05, 0) is 37.1 Å². The molecule has 0 atom stereocenters. The molecule has 19 heavy (non-hydrogen) atoms. The zero-order valence-corrected chi connectivity index (χ0v) is 11.3. The molecular formula is C14H17N3O2. The summed E-state index contributed by atoms with van der Waals surface area (Å²) in [7, 11) is 1.60. The molecule has 0 unspecified atom stereocenters. The standard InChI is InChI=1S/C14H17N3O2/c1-8-4-10(5-9(2)13(8)18)14-16-11(7-19-3)6-12(15)17-14/h4-6,18H,7H2,1-3H3,(H2,15,16,17). The van der Waals surface area contributed by atoms with E-state index in [4.69, 9.17) is 10.5 Å². The SMILES string of the molecule is COCc1cc(N)nc(-c2cc(C)c(O)c(C)c2)n1. The lowest BCUT2D eigenvalue weighted by Gasteiger charge is -2.09. The molecule has 5 heteroatoms. The molecule has 100 valence electrons. The van der Waals surface area contributed by atoms with E-state index in [9.17, 15) is 5.11 Å². The fourth-order valence-electron chi connectivity index (χ4n) is 1.95. The lowest BCUT2D eigenvalue weighted by molar-refractivity contribution is 0.181. The molecule has 1 aromatic heterocycles. The number of aryl methyl sites for hydroxylation is 2. The van der Waals surface area contributed by atoms with Crippen molar-refractivity contribution in [2.24, 2.45) is 0 Å². The highest BCUT2D eigenvalue weighted by atomic mass is 16.5. The molecule has 5 nitrogen and oxygen atoms in total. The van der Waals surface area contributed by atoms with Crippen molar-refractivity contribution in [2.75, 3.05) is 12.8 Å². The van der Waals surface area contributed by atoms with Crippen LogP contribution in [0, 0.1) is 13.8 Å². The molecule has 0 saturated heterocycles. The number of benzene rings is 1. The first-order chi connectivity index (χ1) is 9.01. The zero-order valence-electron chi connectivity index (χ0n) is 11.3. The minimum absolute atomic E-state index is 0.296. The Morgan fingerprint density at radius 1 is 1.16 bits per heavy atom. The smallest absolute Gasteiger partial charge is 0.161 e. The number of aromatic hydroxyl groups is 1. The summed E-state index contributed by atoms with van der Waals surface area (Å²) in [6.07, 6.45) is 0. The molecule has 2 rings (SSSR count). The van der Waals surface area contributed by atoms with Crippen LogP contribution >= 0.6 is 0 Å². The number of nitrogens with two attached hydrogens (primary N) is 1. The van der Waals surface area contributed by atoms with Crippen LogP contribution in [0.15, 0.2) is 18.2 Å². The van der Waals surface area contributed by atoms with Gasteiger partial charge in [-0.1, -0.05) is 0 Å². The number of hydrogen-bond donors (Lipinski definition) is 2. The highest BCUT2D eigenvalue weighted by Crippen LogP contribution is 2.27. The summed E-state index contributed by atoms with van der Waals surface area (Å²) < 4.78 is 5.05. The Labute approximate surface area is 112 Å². The number of anilines is 1. The maximum atomic E-state index is 9.79. The number of phenolic OH excluding ortho intramolecular Hbond substituents is 1. The van der Waals surface area contributed by atoms with Gasteiger partial charge in [0.25, 0.3) is 0 Å². The van der Waals surface area contributed by atoms with E-state index in [-0.39, 0.29) is 0 Å². The molecule has 0 amide bonds. The Bertz CT molecular complexity index is 589. The summed E-state index contributed by atoms with van der Waals surface area (Å²) in [5.74, 6) is 1.24. The minimum Gasteiger partial charge on any atom is -0.507 e. The van der Waals surface area contributed by atoms with Crippen LogP contribution in [0.4, 0.5) is 5.82 Å². The van der Waals surface area contributed by atoms with Crippen molar-refractivity contribution in [1.29, 1.82) is 0 Å². The lowest BCUT2D eigenvalue weighted by Crippen LogP contribution is -2.01. The molecule has 0 radical (unpaired) electrons. The van der Waals surface area contributed by atoms with E-state index in [0.717, 1.165) is 22.4 Å². The average molecular weight is 259 g/mol. The maximum absolute atomic E-state index is 9.79. The van der Waals surface area contributed by atoms with Gasteiger partial charge in [-0.2, -0.15) is 0 Å². The van der Waals surface area contributed by atoms with Gasteiger partial charge >= 0.3 is 0 Å². The second-order valence-corrected chi connectivity index (χ2v) is 4.50. The Kier molecular flexibility index (Phi) is 3.66. The number of aromatic nitrogens is 2. The Hall–Kier alpha value is -2.14. The van der Waals surface area contributed by atoms with Gasteiger partial charge < -0.3 is 15.6 Å². The topological polar surface area (TPSA) is 81.3 Å². The van der Waals surface area contributed by atoms with E-state index in [2.05, 4.69) is 9.97 Å². The van der Waals surface area contributed by atoms with E-state index in [1.54, 1.807) is 13.2 Å². The van der Waals surface area contributed by atoms with Gasteiger partial charge in [-0.15, -0.1) is 0 Å². The molecule has 1 heterocycles. The van der Waals surface area contributed by atoms with Crippen LogP contribution in [0.25, 0.3) is 11.4 Å². The van der Waals surface area contributed by atoms with Gasteiger partial charge in [0.1, 0.15) is 11.6 Å². The van der Waals surface area contributed by atoms with Crippen LogP contribution in [-0.2, 0) is 11.3 Å². The van der Waals surface area contributed by atoms with Crippen LogP contribution in [0.1, 0.15) is 16.8 Å². The normalized spacial score (nSPS) is 10.7. The molecule has 0 bridgehead atoms. The molecule has 0 spiro atoms. The summed E-state index contributed by atoms with van der Waals surface area (Å²) in [5, 5.41) is 9.79. The Morgan fingerprint density at radius 2 is 1.79 bits per heavy atom. The third-order valence-electron chi connectivity index (χ3n) is 2.84. The second-order valence-electron chi connectivity index (χ2n) is 4.50. The number of rotatable bonds is 3. The summed E-state index contributed by atoms with van der Waals surface area (Å²) >= 11 is 0. The van der Waals surface area contributed by atoms with Gasteiger partial charge in [0.05, 0.1) is 12.3 Å². The maximum Gasteiger partial charge on any atom is 0.161 e. The first-order valence-corrected chi connectivity index (χ1v) is 5.94. The van der Waals surface area contributed by atoms with Crippen molar-refractivity contribution in [3.8, 4) is 17.1 Å². The quantitative estimate of drug-likeness (QED) is 0.883. The van der Waals surface area contributed by atoms with E-state index in [0.29, 0.717) is 24.0 Å². The van der Waals surface area contributed by atoms with Crippen molar-refractivity contribution in [2.45, 2.75) is 20.5 Å². The van der Waals surface area contributed by atoms with Crippen LogP contribution in [-0.4, -0.2) is 22.2 Å². The first kappa shape index (κ1) is 13.3. The third kappa shape index (κ3) is 2.82. The Morgan fingerprint density at radius 3 is 2.37 bits per heavy atom. The zero-order chi connectivity index (χ0) is 14.0. The van der Waals surface area contributed by atoms with Crippen molar-refractivity contribution >= 4 is 5.82 Å². The number of hydrogen-bond acceptors (Lipinski definition) is 5. The summed E-state index contributed by atoms with van der Waals surface area (Å²) in [6.45, 7) is 4.07. The van der Waals surface area contributed by atoms with Crippen molar-refractivity contribution < 1.29 is 9.84 Å². The summed E-state index contributed by atoms with van der Waals surface area (Å²) in [5.41, 5.74) is 8.91. The highest BCUT2D eigenvalue weighted by Gasteiger charge is 2.09. The number of phenols is 1. The lowest BCUT2D eigenvalue weighted by atomic mass is 10.1. The number of ether oxygens (including phenoxy) is 1. The molecule has 2 aromatic rings. The largest absolute Gasteiger partial charge is 0.507 e. The molecule has 0 fully saturated rings. The molecule has 1 aromatic carbocycles. The molecule has 0 saturated carbocycles. The van der Waals surface area contributed by atoms with Gasteiger partial charge in [0.2, 0.25) is 0 Å². The minimum atomic E-state index is 0.296. The van der Waals surface area contributed by atoms with Crippen molar-refractivity contribution in [1.82, 2.24) is 9.97 Å². The number of methoxy groups -OCH3 is 1. The van der Waals surface area contributed by atoms with E-state index >= 15 is 0 Å². The van der Waals surface area contributed by atoms with Crippen LogP contribution in [0.2, 0.25) is 0 Å². The third-order valence-corrected chi connectivity index (χ3v) is 2.84. The second kappa shape index (κ2) is 5.24. The van der Waals surface area contributed by atoms with Gasteiger partial charge in [-0.3, -0.25) is 0 Å². The van der Waals surface area contributed by atoms with E-state index in [1.807, 2.05) is 26.0 Å². The van der Waals surface area contributed by atoms with Gasteiger partial charge in [0, 0.05) is 18.7 Å². The number of nitrogen functional groups attached to an aromatic ring is 1. The summed E-state index contributed by atoms with van der Waals surface area (Å²) in [6, 6.07) is 5.37. The molecule has 3 N–H and O–H groups in total. The van der Waals surface area contributed by atoms with E-state index < -0.39 is 0 Å². The highest BCUT2D eigenvalue weighted by molar-refractivity contribution is 5.62. The van der Waals surface area contributed by atoms with Gasteiger partial charge in [-0.25, -0.2) is 9.97 Å². The predicted octanol–water partition coefficient (Wildman–Crippen LogP) is 2.19. The fraction of sp³-hybridized carbons (Fsp3) is 0.286. The average Bonchev–Trinajstić information content (AvgIpc) is 2.35. The molecule has 0 aliphatic carbocycles. The fourth-order valence-corrected chi connectivity index (χ4v) is 1.95. The van der Waals surface area contributed by atoms with Crippen LogP contribution in [0.3, 0.4) is 0 Å². The molecule has 0 aliphatic heterocycles. The Balaban J connectivity index is 2.52. The monoisotopic (exact) mass is 259 g/mol. The van der Waals surface area contributed by atoms with E-state index in [1.165, 1.54) is 0 Å². The summed E-state index contributed by atoms with van der Waals surface area (Å²) in [4.78, 5) is 8.64. The predicted molar refractivity (Wildman–Crippen MR) is 73.7 cm³/mol. The number of nitrogens with zero attached hydrogens (tertiary/aromatic N) is 2. The first-order valence-electron chi connectivity index (χ1n) is 5.94. The van der Waals surface area contributed by atoms with Crippen LogP contribution < -0.4 is 5.73 Å². The molecular weight excluding hydrogens is 242 g/mol. The van der Waals surface area contributed by atoms with Crippen LogP contribution in [0.5, 0.6) is 5.75 Å². The van der Waals surface area contributed by atoms with Crippen molar-refractivity contribution in [3.05, 3.63) is 35.0 Å². The van der Waals surface area contributed by atoms with Crippen molar-refractivity contribution in [3.63, 3.8) is 0 Å². The molecule has 0 aliphatic rings.